The third-order valence-corrected chi connectivity index (χ3v) is 5.54. The second kappa shape index (κ2) is 5.91. The minimum absolute atomic E-state index is 0.0494. The third-order valence-electron chi connectivity index (χ3n) is 3.58. The number of rotatable bonds is 4. The Morgan fingerprint density at radius 2 is 2.10 bits per heavy atom. The van der Waals surface area contributed by atoms with Crippen LogP contribution in [-0.2, 0) is 11.3 Å². The zero-order valence-corrected chi connectivity index (χ0v) is 14.0. The fourth-order valence-corrected chi connectivity index (χ4v) is 3.98. The normalized spacial score (nSPS) is 17.1. The molecule has 0 fully saturated rings. The molecule has 0 spiro atoms. The fraction of sp³-hybridized carbons (Fsp3) is 0.200. The third kappa shape index (κ3) is 2.78. The van der Waals surface area contributed by atoms with Crippen molar-refractivity contribution in [3.8, 4) is 0 Å². The largest absolute Gasteiger partial charge is 0.327 e. The molecule has 108 valence electrons. The van der Waals surface area contributed by atoms with Crippen LogP contribution in [0.2, 0.25) is 0 Å². The van der Waals surface area contributed by atoms with Crippen molar-refractivity contribution in [1.29, 1.82) is 0 Å². The van der Waals surface area contributed by atoms with Crippen LogP contribution in [0.5, 0.6) is 0 Å². The fourth-order valence-electron chi connectivity index (χ4n) is 2.62. The summed E-state index contributed by atoms with van der Waals surface area (Å²) in [7, 11) is 0. The molecule has 0 bridgehead atoms. The minimum Gasteiger partial charge on any atom is -0.327 e. The first kappa shape index (κ1) is 14.8. The molecule has 6 heteroatoms. The first-order valence-electron chi connectivity index (χ1n) is 6.38. The van der Waals surface area contributed by atoms with Crippen LogP contribution in [0.4, 0.5) is 0 Å². The number of carbonyl (C=O) groups is 2. The summed E-state index contributed by atoms with van der Waals surface area (Å²) >= 11 is 10.6. The Bertz CT molecular complexity index is 715. The van der Waals surface area contributed by atoms with E-state index in [2.05, 4.69) is 15.9 Å². The van der Waals surface area contributed by atoms with Gasteiger partial charge >= 0.3 is 0 Å². The molecule has 0 aliphatic carbocycles. The minimum atomic E-state index is -0.432. The highest BCUT2D eigenvalue weighted by Gasteiger charge is 2.37. The lowest BCUT2D eigenvalue weighted by molar-refractivity contribution is -0.112. The Labute approximate surface area is 139 Å². The number of carbonyl (C=O) groups excluding carboxylic acids is 2. The average Bonchev–Trinajstić information content (AvgIpc) is 2.96. The molecule has 3 nitrogen and oxygen atoms in total. The van der Waals surface area contributed by atoms with Crippen LogP contribution in [0.1, 0.15) is 33.9 Å². The molecule has 1 unspecified atom stereocenters. The van der Waals surface area contributed by atoms with E-state index >= 15 is 0 Å². The molecular formula is C15H11BrClNO2S. The van der Waals surface area contributed by atoms with Crippen LogP contribution in [0.25, 0.3) is 0 Å². The van der Waals surface area contributed by atoms with Crippen molar-refractivity contribution in [2.45, 2.75) is 19.0 Å². The molecule has 1 aliphatic heterocycles. The standard InChI is InChI=1S/C15H11BrClNO2S/c16-14-9(5-6-21-14)8-18-12(7-13(17)19)10-3-1-2-4-11(10)15(18)20/h1-6,12H,7-8H2. The van der Waals surface area contributed by atoms with Gasteiger partial charge in [-0.05, 0) is 56.2 Å². The molecule has 1 aromatic carbocycles. The van der Waals surface area contributed by atoms with Gasteiger partial charge in [0.2, 0.25) is 5.24 Å². The van der Waals surface area contributed by atoms with Crippen LogP contribution < -0.4 is 0 Å². The van der Waals surface area contributed by atoms with Gasteiger partial charge in [0.1, 0.15) is 0 Å². The highest BCUT2D eigenvalue weighted by molar-refractivity contribution is 9.11. The van der Waals surface area contributed by atoms with E-state index in [1.807, 2.05) is 29.6 Å². The van der Waals surface area contributed by atoms with E-state index < -0.39 is 5.24 Å². The van der Waals surface area contributed by atoms with Crippen LogP contribution in [0.15, 0.2) is 39.5 Å². The lowest BCUT2D eigenvalue weighted by Gasteiger charge is -2.24. The van der Waals surface area contributed by atoms with E-state index in [0.717, 1.165) is 14.9 Å². The quantitative estimate of drug-likeness (QED) is 0.734. The average molecular weight is 385 g/mol. The first-order chi connectivity index (χ1) is 10.1. The van der Waals surface area contributed by atoms with E-state index in [1.165, 1.54) is 0 Å². The molecule has 2 heterocycles. The molecule has 2 aromatic rings. The summed E-state index contributed by atoms with van der Waals surface area (Å²) < 4.78 is 1.00. The summed E-state index contributed by atoms with van der Waals surface area (Å²) in [5.41, 5.74) is 2.57. The Kier molecular flexibility index (Phi) is 4.15. The van der Waals surface area contributed by atoms with Gasteiger partial charge in [0.15, 0.2) is 0 Å². The summed E-state index contributed by atoms with van der Waals surface area (Å²) in [4.78, 5) is 25.7. The van der Waals surface area contributed by atoms with E-state index in [1.54, 1.807) is 22.3 Å². The van der Waals surface area contributed by atoms with Crippen molar-refractivity contribution in [1.82, 2.24) is 4.90 Å². The lowest BCUT2D eigenvalue weighted by atomic mass is 10.0. The predicted molar refractivity (Wildman–Crippen MR) is 86.6 cm³/mol. The molecular weight excluding hydrogens is 374 g/mol. The first-order valence-corrected chi connectivity index (χ1v) is 8.43. The Balaban J connectivity index is 1.97. The maximum absolute atomic E-state index is 12.6. The van der Waals surface area contributed by atoms with Gasteiger partial charge < -0.3 is 4.90 Å². The molecule has 1 atom stereocenters. The van der Waals surface area contributed by atoms with Crippen LogP contribution in [0.3, 0.4) is 0 Å². The summed E-state index contributed by atoms with van der Waals surface area (Å²) in [6.07, 6.45) is 0.131. The van der Waals surface area contributed by atoms with Crippen molar-refractivity contribution in [2.75, 3.05) is 0 Å². The summed E-state index contributed by atoms with van der Waals surface area (Å²) in [6, 6.07) is 9.09. The molecule has 1 amide bonds. The van der Waals surface area contributed by atoms with Gasteiger partial charge in [-0.1, -0.05) is 18.2 Å². The van der Waals surface area contributed by atoms with Crippen molar-refractivity contribution < 1.29 is 9.59 Å². The van der Waals surface area contributed by atoms with Gasteiger partial charge in [-0.25, -0.2) is 0 Å². The summed E-state index contributed by atoms with van der Waals surface area (Å²) in [5.74, 6) is -0.0494. The zero-order chi connectivity index (χ0) is 15.0. The van der Waals surface area contributed by atoms with Crippen LogP contribution in [-0.4, -0.2) is 16.0 Å². The number of halogens is 2. The molecule has 0 saturated carbocycles. The zero-order valence-electron chi connectivity index (χ0n) is 10.9. The second-order valence-electron chi connectivity index (χ2n) is 4.81. The number of amides is 1. The molecule has 21 heavy (non-hydrogen) atoms. The smallest absolute Gasteiger partial charge is 0.255 e. The SMILES string of the molecule is O=C(Cl)CC1c2ccccc2C(=O)N1Cc1ccsc1Br. The van der Waals surface area contributed by atoms with E-state index in [9.17, 15) is 9.59 Å². The number of nitrogens with zero attached hydrogens (tertiary/aromatic N) is 1. The molecule has 1 aromatic heterocycles. The van der Waals surface area contributed by atoms with Gasteiger partial charge in [-0.3, -0.25) is 9.59 Å². The Morgan fingerprint density at radius 3 is 2.76 bits per heavy atom. The topological polar surface area (TPSA) is 37.4 Å². The van der Waals surface area contributed by atoms with Crippen molar-refractivity contribution in [3.63, 3.8) is 0 Å². The predicted octanol–water partition coefficient (Wildman–Crippen LogP) is 4.36. The van der Waals surface area contributed by atoms with E-state index in [-0.39, 0.29) is 18.4 Å². The van der Waals surface area contributed by atoms with Gasteiger partial charge in [-0.15, -0.1) is 11.3 Å². The molecule has 1 aliphatic rings. The molecule has 0 N–H and O–H groups in total. The lowest BCUT2D eigenvalue weighted by Crippen LogP contribution is -2.28. The van der Waals surface area contributed by atoms with Crippen molar-refractivity contribution >= 4 is 50.0 Å². The second-order valence-corrected chi connectivity index (χ2v) is 7.47. The maximum Gasteiger partial charge on any atom is 0.255 e. The highest BCUT2D eigenvalue weighted by Crippen LogP contribution is 2.38. The Morgan fingerprint density at radius 1 is 1.33 bits per heavy atom. The maximum atomic E-state index is 12.6. The molecule has 3 rings (SSSR count). The van der Waals surface area contributed by atoms with Crippen LogP contribution in [0, 0.1) is 0 Å². The molecule has 0 saturated heterocycles. The van der Waals surface area contributed by atoms with E-state index in [0.29, 0.717) is 12.1 Å². The van der Waals surface area contributed by atoms with Gasteiger partial charge in [0.05, 0.1) is 9.83 Å². The Hall–Kier alpha value is -1.17. The van der Waals surface area contributed by atoms with E-state index in [4.69, 9.17) is 11.6 Å². The number of thiophene rings is 1. The van der Waals surface area contributed by atoms with Crippen LogP contribution >= 0.6 is 38.9 Å². The number of hydrogen-bond donors (Lipinski definition) is 0. The monoisotopic (exact) mass is 383 g/mol. The number of hydrogen-bond acceptors (Lipinski definition) is 3. The van der Waals surface area contributed by atoms with Gasteiger partial charge in [0.25, 0.3) is 5.91 Å². The van der Waals surface area contributed by atoms with Crippen molar-refractivity contribution in [2.24, 2.45) is 0 Å². The highest BCUT2D eigenvalue weighted by atomic mass is 79.9. The van der Waals surface area contributed by atoms with Gasteiger partial charge in [-0.2, -0.15) is 0 Å². The summed E-state index contributed by atoms with van der Waals surface area (Å²) in [5, 5.41) is 1.54. The van der Waals surface area contributed by atoms with Gasteiger partial charge in [0, 0.05) is 18.5 Å². The number of fused-ring (bicyclic) bond motifs is 1. The summed E-state index contributed by atoms with van der Waals surface area (Å²) in [6.45, 7) is 0.465. The molecule has 0 radical (unpaired) electrons. The van der Waals surface area contributed by atoms with Crippen molar-refractivity contribution in [3.05, 3.63) is 56.2 Å². The number of benzene rings is 1.